The number of benzene rings is 2. The van der Waals surface area contributed by atoms with Crippen molar-refractivity contribution < 1.29 is 22.3 Å². The first-order chi connectivity index (χ1) is 15.3. The number of morpholine rings is 1. The van der Waals surface area contributed by atoms with Gasteiger partial charge < -0.3 is 15.0 Å². The van der Waals surface area contributed by atoms with Crippen molar-refractivity contribution in [3.05, 3.63) is 59.9 Å². The van der Waals surface area contributed by atoms with Gasteiger partial charge in [0.25, 0.3) is 0 Å². The maximum Gasteiger partial charge on any atom is 0.248 e. The second-order valence-electron chi connectivity index (χ2n) is 7.25. The summed E-state index contributed by atoms with van der Waals surface area (Å²) in [6.45, 7) is 6.61. The van der Waals surface area contributed by atoms with Crippen LogP contribution in [-0.4, -0.2) is 58.0 Å². The average molecular weight is 462 g/mol. The summed E-state index contributed by atoms with van der Waals surface area (Å²) in [4.78, 5) is 14.8. The van der Waals surface area contributed by atoms with Crippen molar-refractivity contribution in [2.24, 2.45) is 0 Å². The quantitative estimate of drug-likeness (QED) is 0.610. The third kappa shape index (κ3) is 5.73. The number of hydrogen-bond acceptors (Lipinski definition) is 5. The third-order valence-corrected chi connectivity index (χ3v) is 7.24. The molecule has 0 spiro atoms. The van der Waals surface area contributed by atoms with E-state index in [9.17, 15) is 17.6 Å². The highest BCUT2D eigenvalue weighted by molar-refractivity contribution is 7.89. The van der Waals surface area contributed by atoms with Crippen molar-refractivity contribution in [3.8, 4) is 0 Å². The van der Waals surface area contributed by atoms with Gasteiger partial charge in [0.2, 0.25) is 15.9 Å². The Morgan fingerprint density at radius 3 is 2.53 bits per heavy atom. The normalized spacial score (nSPS) is 14.8. The van der Waals surface area contributed by atoms with Gasteiger partial charge in [0.05, 0.1) is 29.5 Å². The molecule has 1 fully saturated rings. The molecule has 1 aliphatic heterocycles. The number of halogens is 1. The number of amides is 1. The molecule has 1 amide bonds. The summed E-state index contributed by atoms with van der Waals surface area (Å²) in [6.07, 6.45) is 2.80. The van der Waals surface area contributed by atoms with E-state index in [-0.39, 0.29) is 4.90 Å². The molecule has 1 heterocycles. The highest BCUT2D eigenvalue weighted by Gasteiger charge is 2.24. The largest absolute Gasteiger partial charge is 0.378 e. The molecule has 1 N–H and O–H groups in total. The average Bonchev–Trinajstić information content (AvgIpc) is 2.79. The lowest BCUT2D eigenvalue weighted by molar-refractivity contribution is -0.111. The van der Waals surface area contributed by atoms with Crippen molar-refractivity contribution >= 4 is 33.4 Å². The van der Waals surface area contributed by atoms with Gasteiger partial charge >= 0.3 is 0 Å². The van der Waals surface area contributed by atoms with E-state index < -0.39 is 21.7 Å². The van der Waals surface area contributed by atoms with Gasteiger partial charge in [0.1, 0.15) is 5.82 Å². The van der Waals surface area contributed by atoms with Crippen LogP contribution in [0.25, 0.3) is 6.08 Å². The summed E-state index contributed by atoms with van der Waals surface area (Å²) in [5.74, 6) is -0.836. The van der Waals surface area contributed by atoms with Crippen molar-refractivity contribution in [1.82, 2.24) is 4.31 Å². The van der Waals surface area contributed by atoms with Gasteiger partial charge in [-0.3, -0.25) is 4.79 Å². The zero-order valence-corrected chi connectivity index (χ0v) is 19.1. The molecule has 0 aromatic heterocycles. The monoisotopic (exact) mass is 461 g/mol. The van der Waals surface area contributed by atoms with E-state index >= 15 is 0 Å². The molecule has 9 heteroatoms. The molecule has 172 valence electrons. The minimum absolute atomic E-state index is 0.114. The Labute approximate surface area is 188 Å². The molecule has 1 saturated heterocycles. The lowest BCUT2D eigenvalue weighted by Crippen LogP contribution is -2.37. The Morgan fingerprint density at radius 1 is 1.16 bits per heavy atom. The molecule has 0 unspecified atom stereocenters. The van der Waals surface area contributed by atoms with Crippen LogP contribution >= 0.6 is 0 Å². The van der Waals surface area contributed by atoms with Gasteiger partial charge in [-0.2, -0.15) is 4.31 Å². The number of carbonyl (C=O) groups is 1. The van der Waals surface area contributed by atoms with Crippen LogP contribution in [0.2, 0.25) is 0 Å². The van der Waals surface area contributed by atoms with E-state index in [0.717, 1.165) is 5.69 Å². The molecule has 0 saturated carbocycles. The van der Waals surface area contributed by atoms with E-state index in [1.807, 2.05) is 4.90 Å². The first-order valence-electron chi connectivity index (χ1n) is 10.6. The molecule has 32 heavy (non-hydrogen) atoms. The van der Waals surface area contributed by atoms with Crippen LogP contribution < -0.4 is 10.2 Å². The predicted octanol–water partition coefficient (Wildman–Crippen LogP) is 3.34. The molecule has 0 radical (unpaired) electrons. The number of nitrogens with one attached hydrogen (secondary N) is 1. The van der Waals surface area contributed by atoms with Crippen LogP contribution in [0.5, 0.6) is 0 Å². The van der Waals surface area contributed by atoms with Crippen molar-refractivity contribution in [3.63, 3.8) is 0 Å². The molecule has 1 aliphatic rings. The van der Waals surface area contributed by atoms with Gasteiger partial charge in [0.15, 0.2) is 0 Å². The maximum atomic E-state index is 13.4. The summed E-state index contributed by atoms with van der Waals surface area (Å²) in [5, 5.41) is 2.80. The van der Waals surface area contributed by atoms with Crippen LogP contribution in [0.1, 0.15) is 19.4 Å². The fourth-order valence-corrected chi connectivity index (χ4v) is 5.01. The molecule has 2 aromatic rings. The summed E-state index contributed by atoms with van der Waals surface area (Å²) in [7, 11) is -3.69. The first kappa shape index (κ1) is 23.9. The number of anilines is 2. The van der Waals surface area contributed by atoms with Crippen LogP contribution in [0, 0.1) is 5.82 Å². The van der Waals surface area contributed by atoms with Gasteiger partial charge in [0, 0.05) is 32.3 Å². The summed E-state index contributed by atoms with van der Waals surface area (Å²) in [6, 6.07) is 10.7. The summed E-state index contributed by atoms with van der Waals surface area (Å²) in [5.41, 5.74) is 1.67. The highest BCUT2D eigenvalue weighted by atomic mass is 32.2. The Morgan fingerprint density at radius 2 is 1.88 bits per heavy atom. The fraction of sp³-hybridized carbons (Fsp3) is 0.348. The van der Waals surface area contributed by atoms with Crippen LogP contribution in [-0.2, 0) is 19.6 Å². The predicted molar refractivity (Wildman–Crippen MR) is 124 cm³/mol. The Bertz CT molecular complexity index is 1080. The summed E-state index contributed by atoms with van der Waals surface area (Å²) >= 11 is 0. The van der Waals surface area contributed by atoms with Crippen LogP contribution in [0.4, 0.5) is 15.8 Å². The van der Waals surface area contributed by atoms with Crippen molar-refractivity contribution in [2.45, 2.75) is 18.7 Å². The standard InChI is InChI=1S/C23H28FN3O4S/c1-3-27(4-2)32(29,30)20-9-10-22(26-12-14-31-15-13-26)21(17-20)25-23(28)11-8-18-6-5-7-19(24)16-18/h5-11,16-17H,3-4,12-15H2,1-2H3,(H,25,28)/b11-8+. The zero-order valence-electron chi connectivity index (χ0n) is 18.3. The summed E-state index contributed by atoms with van der Waals surface area (Å²) < 4.78 is 46.1. The maximum absolute atomic E-state index is 13.4. The number of hydrogen-bond donors (Lipinski definition) is 1. The van der Waals surface area contributed by atoms with E-state index in [1.54, 1.807) is 38.1 Å². The van der Waals surface area contributed by atoms with Gasteiger partial charge in [-0.15, -0.1) is 0 Å². The fourth-order valence-electron chi connectivity index (χ4n) is 3.52. The second kappa shape index (κ2) is 10.7. The molecular weight excluding hydrogens is 433 g/mol. The molecule has 0 aliphatic carbocycles. The minimum Gasteiger partial charge on any atom is -0.378 e. The molecule has 2 aromatic carbocycles. The van der Waals surface area contributed by atoms with Gasteiger partial charge in [-0.05, 0) is 42.0 Å². The number of sulfonamides is 1. The molecule has 0 atom stereocenters. The Balaban J connectivity index is 1.92. The molecule has 3 rings (SSSR count). The molecular formula is C23H28FN3O4S. The van der Waals surface area contributed by atoms with Crippen molar-refractivity contribution in [1.29, 1.82) is 0 Å². The second-order valence-corrected chi connectivity index (χ2v) is 9.18. The zero-order chi connectivity index (χ0) is 23.1. The molecule has 7 nitrogen and oxygen atoms in total. The smallest absolute Gasteiger partial charge is 0.248 e. The molecule has 0 bridgehead atoms. The Kier molecular flexibility index (Phi) is 8.00. The minimum atomic E-state index is -3.69. The lowest BCUT2D eigenvalue weighted by Gasteiger charge is -2.31. The topological polar surface area (TPSA) is 79.0 Å². The van der Waals surface area contributed by atoms with E-state index in [4.69, 9.17) is 4.74 Å². The van der Waals surface area contributed by atoms with Crippen LogP contribution in [0.3, 0.4) is 0 Å². The SMILES string of the molecule is CCN(CC)S(=O)(=O)c1ccc(N2CCOCC2)c(NC(=O)/C=C/c2cccc(F)c2)c1. The highest BCUT2D eigenvalue weighted by Crippen LogP contribution is 2.31. The van der Waals surface area contributed by atoms with E-state index in [0.29, 0.717) is 50.6 Å². The number of rotatable bonds is 8. The lowest BCUT2D eigenvalue weighted by atomic mass is 10.2. The number of carbonyl (C=O) groups excluding carboxylic acids is 1. The van der Waals surface area contributed by atoms with Gasteiger partial charge in [-0.25, -0.2) is 12.8 Å². The van der Waals surface area contributed by atoms with E-state index in [2.05, 4.69) is 5.32 Å². The van der Waals surface area contributed by atoms with Crippen LogP contribution in [0.15, 0.2) is 53.4 Å². The van der Waals surface area contributed by atoms with Crippen molar-refractivity contribution in [2.75, 3.05) is 49.6 Å². The van der Waals surface area contributed by atoms with E-state index in [1.165, 1.54) is 34.7 Å². The third-order valence-electron chi connectivity index (χ3n) is 5.20. The number of ether oxygens (including phenoxy) is 1. The number of nitrogens with zero attached hydrogens (tertiary/aromatic N) is 2. The van der Waals surface area contributed by atoms with Gasteiger partial charge in [-0.1, -0.05) is 26.0 Å². The first-order valence-corrected chi connectivity index (χ1v) is 12.0. The Hall–Kier alpha value is -2.75.